The van der Waals surface area contributed by atoms with E-state index in [9.17, 15) is 0 Å². The average molecular weight is 955 g/mol. The zero-order valence-electron chi connectivity index (χ0n) is 37.6. The van der Waals surface area contributed by atoms with Gasteiger partial charge in [0, 0.05) is 0 Å². The van der Waals surface area contributed by atoms with E-state index in [1.807, 2.05) is 0 Å². The zero-order chi connectivity index (χ0) is 39.0. The van der Waals surface area contributed by atoms with Gasteiger partial charge in [0.1, 0.15) is 0 Å². The Morgan fingerprint density at radius 3 is 1.27 bits per heavy atom. The molecule has 62 heavy (non-hydrogen) atoms. The summed E-state index contributed by atoms with van der Waals surface area (Å²) in [4.78, 5) is 0. The predicted molar refractivity (Wildman–Crippen MR) is 269 cm³/mol. The number of rotatable bonds is 5. The summed E-state index contributed by atoms with van der Waals surface area (Å²) in [7, 11) is 0. The first kappa shape index (κ1) is 47.7. The molecule has 326 valence electrons. The topological polar surface area (TPSA) is 0 Å². The molecule has 0 nitrogen and oxygen atoms in total. The van der Waals surface area contributed by atoms with Crippen LogP contribution in [0.4, 0.5) is 0 Å². The van der Waals surface area contributed by atoms with Crippen LogP contribution in [0, 0.1) is 57.3 Å². The Hall–Kier alpha value is -2.22. The van der Waals surface area contributed by atoms with E-state index in [0.29, 0.717) is 10.8 Å². The first-order chi connectivity index (χ1) is 28.4. The van der Waals surface area contributed by atoms with E-state index in [2.05, 4.69) is 123 Å². The summed E-state index contributed by atoms with van der Waals surface area (Å²) in [5.41, 5.74) is 12.8. The van der Waals surface area contributed by atoms with E-state index in [-0.39, 0.29) is 39.7 Å². The van der Waals surface area contributed by atoms with Crippen LogP contribution >= 0.6 is 24.8 Å². The van der Waals surface area contributed by atoms with Crippen molar-refractivity contribution < 1.29 is 23.3 Å². The van der Waals surface area contributed by atoms with E-state index >= 15 is 0 Å². The molecule has 8 bridgehead atoms. The van der Waals surface area contributed by atoms with Crippen LogP contribution in [0.3, 0.4) is 0 Å². The van der Waals surface area contributed by atoms with Gasteiger partial charge in [-0.1, -0.05) is 91.6 Å². The third-order valence-corrected chi connectivity index (χ3v) is 17.2. The fourth-order valence-corrected chi connectivity index (χ4v) is 15.6. The summed E-state index contributed by atoms with van der Waals surface area (Å²) >= 11 is 1.36. The predicted octanol–water partition coefficient (Wildman–Crippen LogP) is 16.7. The van der Waals surface area contributed by atoms with Crippen molar-refractivity contribution in [3.8, 4) is 22.3 Å². The molecule has 0 amide bonds. The Balaban J connectivity index is 0.000000170. The molecule has 0 N–H and O–H groups in total. The van der Waals surface area contributed by atoms with Gasteiger partial charge in [-0.15, -0.1) is 93.9 Å². The van der Waals surface area contributed by atoms with Gasteiger partial charge < -0.3 is 14.9 Å². The van der Waals surface area contributed by atoms with Crippen LogP contribution in [0.25, 0.3) is 43.8 Å². The van der Waals surface area contributed by atoms with E-state index in [4.69, 9.17) is 0 Å². The average Bonchev–Trinajstić information content (AvgIpc) is 4.01. The summed E-state index contributed by atoms with van der Waals surface area (Å²) < 4.78 is 0. The molecule has 0 unspecified atom stereocenters. The van der Waals surface area contributed by atoms with Crippen molar-refractivity contribution in [3.05, 3.63) is 146 Å². The monoisotopic (exact) mass is 952 g/mol. The Morgan fingerprint density at radius 1 is 0.500 bits per heavy atom. The van der Waals surface area contributed by atoms with Gasteiger partial charge in [-0.2, -0.15) is 12.1 Å². The molecule has 0 aromatic heterocycles. The molecular weight excluding hydrogens is 887 g/mol. The van der Waals surface area contributed by atoms with Crippen LogP contribution in [0.5, 0.6) is 0 Å². The third kappa shape index (κ3) is 8.65. The van der Waals surface area contributed by atoms with Crippen molar-refractivity contribution in [1.82, 2.24) is 0 Å². The number of hydrogen-bond donors (Lipinski definition) is 0. The van der Waals surface area contributed by atoms with Crippen molar-refractivity contribution in [2.75, 3.05) is 0 Å². The second-order valence-corrected chi connectivity index (χ2v) is 21.0. The number of fused-ring (bicyclic) bond motifs is 2. The minimum Gasteiger partial charge on any atom is -0.164 e. The van der Waals surface area contributed by atoms with Gasteiger partial charge in [0.2, 0.25) is 0 Å². The fourth-order valence-electron chi connectivity index (χ4n) is 15.6. The third-order valence-electron chi connectivity index (χ3n) is 17.2. The van der Waals surface area contributed by atoms with Crippen LogP contribution in [-0.2, 0) is 34.2 Å². The second kappa shape index (κ2) is 19.3. The number of halogens is 2. The molecular formula is C58H68Cl2SiZr-4. The summed E-state index contributed by atoms with van der Waals surface area (Å²) in [5.74, 6) is 6.89. The van der Waals surface area contributed by atoms with Crippen LogP contribution in [0.2, 0.25) is 0 Å². The van der Waals surface area contributed by atoms with Gasteiger partial charge in [0.25, 0.3) is 0 Å². The fraction of sp³-hybridized carbons (Fsp3) is 0.448. The number of aryl methyl sites for hydroxylation is 1. The minimum atomic E-state index is 0. The summed E-state index contributed by atoms with van der Waals surface area (Å²) in [5, 5.41) is 5.65. The van der Waals surface area contributed by atoms with E-state index < -0.39 is 0 Å². The zero-order valence-corrected chi connectivity index (χ0v) is 42.7. The Labute approximate surface area is 404 Å². The molecule has 9 saturated carbocycles. The molecule has 4 heteroatoms. The molecule has 15 rings (SSSR count). The van der Waals surface area contributed by atoms with Gasteiger partial charge >= 0.3 is 30.2 Å². The Morgan fingerprint density at radius 2 is 0.871 bits per heavy atom. The number of benzene rings is 4. The van der Waals surface area contributed by atoms with Gasteiger partial charge in [-0.25, -0.2) is 0 Å². The molecule has 6 aromatic carbocycles. The molecule has 0 aliphatic heterocycles. The van der Waals surface area contributed by atoms with Gasteiger partial charge in [0.15, 0.2) is 0 Å². The van der Waals surface area contributed by atoms with Crippen LogP contribution in [-0.4, -0.2) is 6.88 Å². The van der Waals surface area contributed by atoms with Gasteiger partial charge in [-0.3, -0.25) is 0 Å². The van der Waals surface area contributed by atoms with Crippen LogP contribution in [0.1, 0.15) is 131 Å². The molecule has 0 heterocycles. The van der Waals surface area contributed by atoms with Crippen LogP contribution < -0.4 is 0 Å². The summed E-state index contributed by atoms with van der Waals surface area (Å²) in [6, 6.07) is 42.8. The largest absolute Gasteiger partial charge is 0.164 e. The van der Waals surface area contributed by atoms with Crippen LogP contribution in [0.15, 0.2) is 109 Å². The molecule has 9 aliphatic carbocycles. The smallest absolute Gasteiger partial charge is 0.00391 e. The molecule has 0 spiro atoms. The molecule has 0 saturated heterocycles. The maximum atomic E-state index is 3.06. The molecule has 9 fully saturated rings. The van der Waals surface area contributed by atoms with Gasteiger partial charge in [0.05, 0.1) is 0 Å². The Bertz CT molecular complexity index is 2360. The standard InChI is InChI=1S/C30H33.C26H27.2CH3.2ClH.Si.Zr/c1-2-5-23(4-1)26-15-25-6-3-7-28(29(25)16-26)24-8-10-27(11-9-24)30-17-20-12-21(18-30)14-22(13-20)19-30;1-17-9-22-3-2-4-24(25(22)10-17)21-5-7-23(8-6-21)26-14-18-11-19(15-26)13-20(12-18)16-26;;;;;;/h3,6-11,15-16,20-23H,1-2,4-5,12-14,17-19H2;2-10,18-20H,11-16H2,1H3;2*1H3;2*1H;;/q4*-1;;;;. The molecule has 6 aromatic rings. The van der Waals surface area contributed by atoms with Crippen molar-refractivity contribution in [2.24, 2.45) is 35.5 Å². The SMILES string of the molecule is Cc1cc2c(-c3ccc(C45CC6CC(CC(C6)C4)C5)cc3)cccc2[cH-]1.Cl.Cl.[CH3-].[CH3-].[Si]=[Zr].c1cc(-c2ccc(C34CC5CC(CC(C5)C3)C4)cc2)c2cc(C3CCCC3)[cH-]c2c1. The molecule has 2 radical (unpaired) electrons. The summed E-state index contributed by atoms with van der Waals surface area (Å²) in [6.45, 7) is 5.26. The molecule has 0 atom stereocenters. The van der Waals surface area contributed by atoms with Crippen molar-refractivity contribution in [2.45, 2.75) is 126 Å². The first-order valence-corrected chi connectivity index (χ1v) is 27.5. The maximum Gasteiger partial charge on any atom is -0.00391 e. The Kier molecular flexibility index (Phi) is 14.9. The second-order valence-electron chi connectivity index (χ2n) is 21.0. The minimum absolute atomic E-state index is 0. The normalized spacial score (nSPS) is 29.6. The van der Waals surface area contributed by atoms with Gasteiger partial charge in [-0.05, 0) is 164 Å². The number of hydrogen-bond acceptors (Lipinski definition) is 0. The van der Waals surface area contributed by atoms with E-state index in [1.54, 1.807) is 16.7 Å². The van der Waals surface area contributed by atoms with Crippen molar-refractivity contribution in [3.63, 3.8) is 0 Å². The maximum absolute atomic E-state index is 3.06. The van der Waals surface area contributed by atoms with Crippen molar-refractivity contribution >= 4 is 53.2 Å². The first-order valence-electron chi connectivity index (χ1n) is 23.3. The van der Waals surface area contributed by atoms with E-state index in [1.165, 1.54) is 175 Å². The quantitative estimate of drug-likeness (QED) is 0.119. The van der Waals surface area contributed by atoms with Crippen molar-refractivity contribution in [1.29, 1.82) is 0 Å². The molecule has 9 aliphatic rings. The van der Waals surface area contributed by atoms with E-state index in [0.717, 1.165) is 41.4 Å². The summed E-state index contributed by atoms with van der Waals surface area (Å²) in [6.07, 6.45) is 23.5.